The number of rotatable bonds is 7. The van der Waals surface area contributed by atoms with E-state index in [1.807, 2.05) is 24.3 Å². The van der Waals surface area contributed by atoms with Crippen LogP contribution in [0, 0.1) is 5.92 Å². The fraction of sp³-hybridized carbons (Fsp3) is 0.462. The topological polar surface area (TPSA) is 64.3 Å². The number of hydrogen-bond donors (Lipinski definition) is 2. The number of carbonyl (C=O) groups excluding carboxylic acids is 1. The van der Waals surface area contributed by atoms with E-state index in [1.54, 1.807) is 0 Å². The van der Waals surface area contributed by atoms with Crippen LogP contribution in [0.25, 0.3) is 0 Å². The van der Waals surface area contributed by atoms with Crippen LogP contribution < -0.4 is 15.8 Å². The first-order chi connectivity index (χ1) is 8.08. The Morgan fingerprint density at radius 3 is 2.88 bits per heavy atom. The zero-order valence-electron chi connectivity index (χ0n) is 10.4. The van der Waals surface area contributed by atoms with Crippen LogP contribution in [0.3, 0.4) is 0 Å². The van der Waals surface area contributed by atoms with E-state index < -0.39 is 5.91 Å². The molecule has 0 aromatic heterocycles. The first kappa shape index (κ1) is 13.5. The monoisotopic (exact) mass is 236 g/mol. The van der Waals surface area contributed by atoms with Crippen molar-refractivity contribution in [1.82, 2.24) is 5.32 Å². The summed E-state index contributed by atoms with van der Waals surface area (Å²) in [6.45, 7) is 6.03. The highest BCUT2D eigenvalue weighted by atomic mass is 16.5. The van der Waals surface area contributed by atoms with E-state index in [-0.39, 0.29) is 6.61 Å². The Morgan fingerprint density at radius 1 is 1.47 bits per heavy atom. The molecular weight excluding hydrogens is 216 g/mol. The molecule has 17 heavy (non-hydrogen) atoms. The van der Waals surface area contributed by atoms with Gasteiger partial charge in [0, 0.05) is 6.54 Å². The van der Waals surface area contributed by atoms with Crippen molar-refractivity contribution < 1.29 is 9.53 Å². The molecule has 1 rings (SSSR count). The third-order valence-corrected chi connectivity index (χ3v) is 2.16. The van der Waals surface area contributed by atoms with Crippen molar-refractivity contribution in [3.63, 3.8) is 0 Å². The van der Waals surface area contributed by atoms with E-state index in [1.165, 1.54) is 0 Å². The minimum atomic E-state index is -0.465. The molecule has 4 nitrogen and oxygen atoms in total. The van der Waals surface area contributed by atoms with Gasteiger partial charge in [-0.05, 0) is 30.2 Å². The number of nitrogens with one attached hydrogen (secondary N) is 1. The zero-order chi connectivity index (χ0) is 12.7. The summed E-state index contributed by atoms with van der Waals surface area (Å²) in [5, 5.41) is 3.35. The average molecular weight is 236 g/mol. The van der Waals surface area contributed by atoms with Gasteiger partial charge in [-0.2, -0.15) is 0 Å². The number of amides is 1. The summed E-state index contributed by atoms with van der Waals surface area (Å²) in [4.78, 5) is 10.6. The third-order valence-electron chi connectivity index (χ3n) is 2.16. The smallest absolute Gasteiger partial charge is 0.255 e. The van der Waals surface area contributed by atoms with Gasteiger partial charge in [0.2, 0.25) is 0 Å². The first-order valence-corrected chi connectivity index (χ1v) is 5.78. The molecule has 0 radical (unpaired) electrons. The van der Waals surface area contributed by atoms with Crippen molar-refractivity contribution in [3.05, 3.63) is 29.8 Å². The molecule has 0 bridgehead atoms. The molecule has 0 saturated heterocycles. The summed E-state index contributed by atoms with van der Waals surface area (Å²) in [6, 6.07) is 7.65. The molecule has 94 valence electrons. The lowest BCUT2D eigenvalue weighted by molar-refractivity contribution is -0.119. The Labute approximate surface area is 102 Å². The summed E-state index contributed by atoms with van der Waals surface area (Å²) in [5.41, 5.74) is 6.15. The summed E-state index contributed by atoms with van der Waals surface area (Å²) in [5.74, 6) is 0.838. The van der Waals surface area contributed by atoms with Crippen molar-refractivity contribution in [3.8, 4) is 5.75 Å². The number of nitrogens with two attached hydrogens (primary N) is 1. The van der Waals surface area contributed by atoms with Crippen molar-refractivity contribution in [2.45, 2.75) is 20.4 Å². The van der Waals surface area contributed by atoms with Gasteiger partial charge in [0.05, 0.1) is 0 Å². The zero-order valence-corrected chi connectivity index (χ0v) is 10.4. The number of primary amides is 1. The number of ether oxygens (including phenoxy) is 1. The van der Waals surface area contributed by atoms with Gasteiger partial charge in [-0.1, -0.05) is 26.0 Å². The molecule has 0 unspecified atom stereocenters. The van der Waals surface area contributed by atoms with Crippen LogP contribution in [-0.2, 0) is 11.3 Å². The predicted molar refractivity (Wildman–Crippen MR) is 67.7 cm³/mol. The minimum absolute atomic E-state index is 0.0805. The van der Waals surface area contributed by atoms with Crippen LogP contribution in [0.5, 0.6) is 5.75 Å². The maximum atomic E-state index is 10.6. The second-order valence-corrected chi connectivity index (χ2v) is 4.43. The van der Waals surface area contributed by atoms with Crippen molar-refractivity contribution in [1.29, 1.82) is 0 Å². The molecule has 0 aliphatic rings. The lowest BCUT2D eigenvalue weighted by Crippen LogP contribution is -2.20. The normalized spacial score (nSPS) is 10.5. The molecule has 0 aliphatic carbocycles. The molecule has 0 heterocycles. The van der Waals surface area contributed by atoms with Gasteiger partial charge in [0.1, 0.15) is 5.75 Å². The minimum Gasteiger partial charge on any atom is -0.484 e. The standard InChI is InChI=1S/C13H20N2O2/c1-10(2)7-15-8-11-4-3-5-12(6-11)17-9-13(14)16/h3-6,10,15H,7-9H2,1-2H3,(H2,14,16). The van der Waals surface area contributed by atoms with Gasteiger partial charge in [-0.3, -0.25) is 4.79 Å². The SMILES string of the molecule is CC(C)CNCc1cccc(OCC(N)=O)c1. The Hall–Kier alpha value is -1.55. The van der Waals surface area contributed by atoms with Gasteiger partial charge in [0.25, 0.3) is 5.91 Å². The van der Waals surface area contributed by atoms with E-state index >= 15 is 0 Å². The molecular formula is C13H20N2O2. The summed E-state index contributed by atoms with van der Waals surface area (Å²) < 4.78 is 5.23. The Morgan fingerprint density at radius 2 is 2.24 bits per heavy atom. The number of benzene rings is 1. The number of carbonyl (C=O) groups is 1. The summed E-state index contributed by atoms with van der Waals surface area (Å²) >= 11 is 0. The molecule has 1 aromatic rings. The van der Waals surface area contributed by atoms with Crippen molar-refractivity contribution in [2.24, 2.45) is 11.7 Å². The summed E-state index contributed by atoms with van der Waals surface area (Å²) in [6.07, 6.45) is 0. The van der Waals surface area contributed by atoms with Gasteiger partial charge in [-0.25, -0.2) is 0 Å². The Kier molecular flexibility index (Phi) is 5.49. The maximum Gasteiger partial charge on any atom is 0.255 e. The van der Waals surface area contributed by atoms with Crippen molar-refractivity contribution >= 4 is 5.91 Å². The second-order valence-electron chi connectivity index (χ2n) is 4.43. The van der Waals surface area contributed by atoms with E-state index in [9.17, 15) is 4.79 Å². The van der Waals surface area contributed by atoms with Crippen molar-refractivity contribution in [2.75, 3.05) is 13.2 Å². The molecule has 0 spiro atoms. The molecule has 3 N–H and O–H groups in total. The number of hydrogen-bond acceptors (Lipinski definition) is 3. The van der Waals surface area contributed by atoms with E-state index in [0.29, 0.717) is 11.7 Å². The molecule has 0 aliphatic heterocycles. The lowest BCUT2D eigenvalue weighted by Gasteiger charge is -2.09. The lowest BCUT2D eigenvalue weighted by atomic mass is 10.2. The highest BCUT2D eigenvalue weighted by Crippen LogP contribution is 2.13. The predicted octanol–water partition coefficient (Wildman–Crippen LogP) is 1.30. The van der Waals surface area contributed by atoms with E-state index in [0.717, 1.165) is 18.7 Å². The molecule has 0 saturated carbocycles. The quantitative estimate of drug-likeness (QED) is 0.750. The summed E-state index contributed by atoms with van der Waals surface area (Å²) in [7, 11) is 0. The molecule has 0 fully saturated rings. The Balaban J connectivity index is 2.45. The van der Waals surface area contributed by atoms with Crippen LogP contribution in [0.1, 0.15) is 19.4 Å². The molecule has 0 atom stereocenters. The Bertz CT molecular complexity index is 364. The van der Waals surface area contributed by atoms with E-state index in [2.05, 4.69) is 19.2 Å². The maximum absolute atomic E-state index is 10.6. The highest BCUT2D eigenvalue weighted by Gasteiger charge is 2.00. The van der Waals surface area contributed by atoms with Gasteiger partial charge in [-0.15, -0.1) is 0 Å². The fourth-order valence-corrected chi connectivity index (χ4v) is 1.40. The highest BCUT2D eigenvalue weighted by molar-refractivity contribution is 5.75. The second kappa shape index (κ2) is 6.91. The van der Waals surface area contributed by atoms with Crippen LogP contribution >= 0.6 is 0 Å². The van der Waals surface area contributed by atoms with E-state index in [4.69, 9.17) is 10.5 Å². The van der Waals surface area contributed by atoms with Crippen LogP contribution in [0.4, 0.5) is 0 Å². The fourth-order valence-electron chi connectivity index (χ4n) is 1.40. The molecule has 4 heteroatoms. The van der Waals surface area contributed by atoms with Gasteiger partial charge < -0.3 is 15.8 Å². The average Bonchev–Trinajstić information content (AvgIpc) is 2.26. The first-order valence-electron chi connectivity index (χ1n) is 5.78. The van der Waals surface area contributed by atoms with Crippen LogP contribution in [0.2, 0.25) is 0 Å². The van der Waals surface area contributed by atoms with Gasteiger partial charge in [0.15, 0.2) is 6.61 Å². The molecule has 1 amide bonds. The molecule has 1 aromatic carbocycles. The largest absolute Gasteiger partial charge is 0.484 e. The van der Waals surface area contributed by atoms with Gasteiger partial charge >= 0.3 is 0 Å². The van der Waals surface area contributed by atoms with Crippen LogP contribution in [0.15, 0.2) is 24.3 Å². The third kappa shape index (κ3) is 5.92. The van der Waals surface area contributed by atoms with Crippen LogP contribution in [-0.4, -0.2) is 19.1 Å².